The lowest BCUT2D eigenvalue weighted by atomic mass is 10.2. The highest BCUT2D eigenvalue weighted by atomic mass is 35.5. The summed E-state index contributed by atoms with van der Waals surface area (Å²) in [6.07, 6.45) is 0. The highest BCUT2D eigenvalue weighted by molar-refractivity contribution is 6.31. The molecule has 0 unspecified atom stereocenters. The molecule has 0 aliphatic rings. The molecule has 3 aromatic rings. The molecule has 0 radical (unpaired) electrons. The molecule has 0 bridgehead atoms. The molecular formula is C16H15ClN4O3. The van der Waals surface area contributed by atoms with Crippen LogP contribution in [0.25, 0.3) is 11.1 Å². The molecule has 3 rings (SSSR count). The molecule has 0 atom stereocenters. The summed E-state index contributed by atoms with van der Waals surface area (Å²) in [5, 5.41) is 8.31. The first-order chi connectivity index (χ1) is 11.6. The molecular weight excluding hydrogens is 332 g/mol. The van der Waals surface area contributed by atoms with Crippen molar-refractivity contribution in [2.24, 2.45) is 0 Å². The van der Waals surface area contributed by atoms with Gasteiger partial charge in [-0.05, 0) is 25.5 Å². The molecule has 24 heavy (non-hydrogen) atoms. The maximum absolute atomic E-state index is 11.9. The van der Waals surface area contributed by atoms with Gasteiger partial charge in [0, 0.05) is 11.6 Å². The van der Waals surface area contributed by atoms with Crippen LogP contribution in [-0.2, 0) is 11.3 Å². The Bertz CT molecular complexity index is 894. The highest BCUT2D eigenvalue weighted by Gasteiger charge is 2.19. The van der Waals surface area contributed by atoms with Crippen LogP contribution >= 0.6 is 11.6 Å². The normalized spacial score (nSPS) is 10.8. The number of hydrogen-bond acceptors (Lipinski definition) is 7. The van der Waals surface area contributed by atoms with E-state index in [1.165, 1.54) is 0 Å². The third-order valence-corrected chi connectivity index (χ3v) is 3.74. The van der Waals surface area contributed by atoms with Gasteiger partial charge < -0.3 is 14.6 Å². The highest BCUT2D eigenvalue weighted by Crippen LogP contribution is 2.25. The summed E-state index contributed by atoms with van der Waals surface area (Å²) >= 11 is 6.16. The third kappa shape index (κ3) is 3.16. The Morgan fingerprint density at radius 2 is 2.12 bits per heavy atom. The summed E-state index contributed by atoms with van der Waals surface area (Å²) in [6, 6.07) is 7.47. The molecule has 0 amide bonds. The second-order valence-corrected chi connectivity index (χ2v) is 5.42. The zero-order valence-corrected chi connectivity index (χ0v) is 13.9. The number of carbonyl (C=O) groups excluding carboxylic acids is 1. The smallest absolute Gasteiger partial charge is 0.376 e. The number of esters is 1. The minimum absolute atomic E-state index is 0.0813. The van der Waals surface area contributed by atoms with Crippen LogP contribution < -0.4 is 5.32 Å². The average molecular weight is 347 g/mol. The largest absolute Gasteiger partial charge is 0.460 e. The minimum atomic E-state index is -0.616. The van der Waals surface area contributed by atoms with E-state index >= 15 is 0 Å². The molecule has 1 N–H and O–H groups in total. The molecule has 1 aromatic carbocycles. The van der Waals surface area contributed by atoms with Gasteiger partial charge in [-0.1, -0.05) is 35.0 Å². The number of rotatable bonds is 5. The monoisotopic (exact) mass is 346 g/mol. The van der Waals surface area contributed by atoms with Gasteiger partial charge in [0.15, 0.2) is 0 Å². The lowest BCUT2D eigenvalue weighted by molar-refractivity contribution is 0.0512. The van der Waals surface area contributed by atoms with Crippen LogP contribution in [0.15, 0.2) is 28.8 Å². The molecule has 0 spiro atoms. The maximum atomic E-state index is 11.9. The number of ether oxygens (including phenoxy) is 1. The summed E-state index contributed by atoms with van der Waals surface area (Å²) in [4.78, 5) is 20.2. The van der Waals surface area contributed by atoms with E-state index in [4.69, 9.17) is 20.9 Å². The van der Waals surface area contributed by atoms with Crippen molar-refractivity contribution < 1.29 is 14.1 Å². The van der Waals surface area contributed by atoms with Crippen molar-refractivity contribution in [3.05, 3.63) is 46.4 Å². The van der Waals surface area contributed by atoms with Crippen LogP contribution in [-0.4, -0.2) is 27.7 Å². The van der Waals surface area contributed by atoms with Crippen molar-refractivity contribution in [1.82, 2.24) is 15.1 Å². The molecule has 0 fully saturated rings. The van der Waals surface area contributed by atoms with Gasteiger partial charge in [-0.25, -0.2) is 9.78 Å². The fourth-order valence-corrected chi connectivity index (χ4v) is 2.43. The number of nitrogens with zero attached hydrogens (tertiary/aromatic N) is 3. The van der Waals surface area contributed by atoms with E-state index in [2.05, 4.69) is 20.4 Å². The fraction of sp³-hybridized carbons (Fsp3) is 0.250. The van der Waals surface area contributed by atoms with E-state index in [1.54, 1.807) is 13.8 Å². The van der Waals surface area contributed by atoms with Crippen molar-refractivity contribution >= 4 is 34.5 Å². The van der Waals surface area contributed by atoms with Crippen LogP contribution in [0.1, 0.15) is 28.8 Å². The van der Waals surface area contributed by atoms with Gasteiger partial charge in [0.2, 0.25) is 5.82 Å². The topological polar surface area (TPSA) is 90.1 Å². The quantitative estimate of drug-likeness (QED) is 0.708. The SMILES string of the molecule is CCOC(=O)c1nc(NCc2ccccc2Cl)c2c(C)noc2n1. The van der Waals surface area contributed by atoms with Crippen LogP contribution in [0.5, 0.6) is 0 Å². The van der Waals surface area contributed by atoms with E-state index < -0.39 is 5.97 Å². The predicted octanol–water partition coefficient (Wildman–Crippen LogP) is 3.37. The molecule has 0 saturated carbocycles. The third-order valence-electron chi connectivity index (χ3n) is 3.37. The second-order valence-electron chi connectivity index (χ2n) is 5.01. The lowest BCUT2D eigenvalue weighted by Gasteiger charge is -2.09. The van der Waals surface area contributed by atoms with E-state index in [0.29, 0.717) is 28.5 Å². The maximum Gasteiger partial charge on any atom is 0.376 e. The van der Waals surface area contributed by atoms with Gasteiger partial charge in [0.25, 0.3) is 5.71 Å². The Morgan fingerprint density at radius 3 is 2.88 bits per heavy atom. The van der Waals surface area contributed by atoms with Gasteiger partial charge in [0.1, 0.15) is 11.2 Å². The van der Waals surface area contributed by atoms with Crippen molar-refractivity contribution in [3.8, 4) is 0 Å². The second kappa shape index (κ2) is 6.84. The molecule has 7 nitrogen and oxygen atoms in total. The molecule has 0 aliphatic heterocycles. The Balaban J connectivity index is 1.97. The van der Waals surface area contributed by atoms with E-state index in [0.717, 1.165) is 5.56 Å². The minimum Gasteiger partial charge on any atom is -0.460 e. The first-order valence-electron chi connectivity index (χ1n) is 7.38. The zero-order valence-electron chi connectivity index (χ0n) is 13.2. The number of hydrogen-bond donors (Lipinski definition) is 1. The van der Waals surface area contributed by atoms with Crippen LogP contribution in [0.2, 0.25) is 5.02 Å². The molecule has 0 saturated heterocycles. The number of fused-ring (bicyclic) bond motifs is 1. The molecule has 8 heteroatoms. The van der Waals surface area contributed by atoms with Crippen LogP contribution in [0, 0.1) is 6.92 Å². The zero-order chi connectivity index (χ0) is 17.1. The first kappa shape index (κ1) is 16.2. The molecule has 0 aliphatic carbocycles. The lowest BCUT2D eigenvalue weighted by Crippen LogP contribution is -2.12. The number of carbonyl (C=O) groups is 1. The summed E-state index contributed by atoms with van der Waals surface area (Å²) < 4.78 is 10.1. The van der Waals surface area contributed by atoms with E-state index in [-0.39, 0.29) is 18.1 Å². The Morgan fingerprint density at radius 1 is 1.33 bits per heavy atom. The molecule has 124 valence electrons. The van der Waals surface area contributed by atoms with Gasteiger partial charge in [-0.2, -0.15) is 4.98 Å². The summed E-state index contributed by atoms with van der Waals surface area (Å²) in [5.41, 5.74) is 1.76. The van der Waals surface area contributed by atoms with Gasteiger partial charge >= 0.3 is 5.97 Å². The summed E-state index contributed by atoms with van der Waals surface area (Å²) in [5.74, 6) is -0.252. The Labute approximate surface area is 143 Å². The van der Waals surface area contributed by atoms with Crippen LogP contribution in [0.4, 0.5) is 5.82 Å². The molecule has 2 heterocycles. The average Bonchev–Trinajstić information content (AvgIpc) is 2.95. The predicted molar refractivity (Wildman–Crippen MR) is 89.1 cm³/mol. The van der Waals surface area contributed by atoms with Gasteiger partial charge in [0.05, 0.1) is 12.3 Å². The Hall–Kier alpha value is -2.67. The molecule has 2 aromatic heterocycles. The number of aryl methyl sites for hydroxylation is 1. The van der Waals surface area contributed by atoms with Crippen molar-refractivity contribution in [2.75, 3.05) is 11.9 Å². The Kier molecular flexibility index (Phi) is 4.61. The summed E-state index contributed by atoms with van der Waals surface area (Å²) in [6.45, 7) is 4.15. The standard InChI is InChI=1S/C16H15ClN4O3/c1-3-23-16(22)14-19-13(12-9(2)21-24-15(12)20-14)18-8-10-6-4-5-7-11(10)17/h4-7H,3,8H2,1-2H3,(H,18,19,20). The number of anilines is 1. The van der Waals surface area contributed by atoms with Gasteiger partial charge in [-0.3, -0.25) is 0 Å². The number of aromatic nitrogens is 3. The number of benzene rings is 1. The first-order valence-corrected chi connectivity index (χ1v) is 7.76. The fourth-order valence-electron chi connectivity index (χ4n) is 2.23. The van der Waals surface area contributed by atoms with Crippen LogP contribution in [0.3, 0.4) is 0 Å². The van der Waals surface area contributed by atoms with Crippen molar-refractivity contribution in [1.29, 1.82) is 0 Å². The number of nitrogens with one attached hydrogen (secondary N) is 1. The van der Waals surface area contributed by atoms with Crippen molar-refractivity contribution in [2.45, 2.75) is 20.4 Å². The van der Waals surface area contributed by atoms with Gasteiger partial charge in [-0.15, -0.1) is 0 Å². The van der Waals surface area contributed by atoms with E-state index in [9.17, 15) is 4.79 Å². The summed E-state index contributed by atoms with van der Waals surface area (Å²) in [7, 11) is 0. The van der Waals surface area contributed by atoms with Crippen molar-refractivity contribution in [3.63, 3.8) is 0 Å². The van der Waals surface area contributed by atoms with E-state index in [1.807, 2.05) is 24.3 Å². The number of halogens is 1.